The van der Waals surface area contributed by atoms with E-state index in [2.05, 4.69) is 26.1 Å². The summed E-state index contributed by atoms with van der Waals surface area (Å²) < 4.78 is 0. The number of rotatable bonds is 7. The van der Waals surface area contributed by atoms with Crippen molar-refractivity contribution in [2.24, 2.45) is 5.92 Å². The van der Waals surface area contributed by atoms with Gasteiger partial charge in [-0.05, 0) is 55.5 Å². The van der Waals surface area contributed by atoms with E-state index in [0.29, 0.717) is 12.0 Å². The lowest BCUT2D eigenvalue weighted by Crippen LogP contribution is -2.35. The van der Waals surface area contributed by atoms with Gasteiger partial charge in [-0.3, -0.25) is 0 Å². The first-order valence-electron chi connectivity index (χ1n) is 6.75. The molecule has 1 aromatic carbocycles. The maximum Gasteiger partial charge on any atom is 0.0439 e. The minimum Gasteiger partial charge on any atom is -0.314 e. The number of halogens is 2. The fourth-order valence-electron chi connectivity index (χ4n) is 2.27. The van der Waals surface area contributed by atoms with Crippen LogP contribution in [-0.2, 0) is 6.42 Å². The summed E-state index contributed by atoms with van der Waals surface area (Å²) in [5, 5.41) is 5.17. The van der Waals surface area contributed by atoms with Gasteiger partial charge in [0.15, 0.2) is 0 Å². The topological polar surface area (TPSA) is 12.0 Å². The van der Waals surface area contributed by atoms with Gasteiger partial charge in [0, 0.05) is 16.1 Å². The van der Waals surface area contributed by atoms with Gasteiger partial charge < -0.3 is 5.32 Å². The Morgan fingerprint density at radius 2 is 1.94 bits per heavy atom. The third kappa shape index (κ3) is 4.79. The third-order valence-corrected chi connectivity index (χ3v) is 3.94. The zero-order chi connectivity index (χ0) is 13.5. The predicted molar refractivity (Wildman–Crippen MR) is 81.7 cm³/mol. The van der Waals surface area contributed by atoms with Crippen LogP contribution in [0, 0.1) is 5.92 Å². The number of hydrogen-bond acceptors (Lipinski definition) is 1. The Morgan fingerprint density at radius 1 is 1.22 bits per heavy atom. The summed E-state index contributed by atoms with van der Waals surface area (Å²) in [5.74, 6) is 0.553. The molecular weight excluding hydrogens is 265 g/mol. The van der Waals surface area contributed by atoms with Gasteiger partial charge in [-0.1, -0.05) is 44.0 Å². The molecule has 0 amide bonds. The van der Waals surface area contributed by atoms with Crippen LogP contribution in [0.5, 0.6) is 0 Å². The van der Waals surface area contributed by atoms with E-state index in [1.54, 1.807) is 0 Å². The number of nitrogens with one attached hydrogen (secondary N) is 1. The van der Waals surface area contributed by atoms with Crippen molar-refractivity contribution in [3.05, 3.63) is 33.8 Å². The summed E-state index contributed by atoms with van der Waals surface area (Å²) in [4.78, 5) is 0. The van der Waals surface area contributed by atoms with Gasteiger partial charge in [-0.25, -0.2) is 0 Å². The Morgan fingerprint density at radius 3 is 2.56 bits per heavy atom. The minimum atomic E-state index is 0.542. The summed E-state index contributed by atoms with van der Waals surface area (Å²) >= 11 is 12.2. The van der Waals surface area contributed by atoms with Crippen molar-refractivity contribution in [1.82, 2.24) is 5.32 Å². The molecule has 0 aliphatic carbocycles. The molecule has 0 bridgehead atoms. The van der Waals surface area contributed by atoms with E-state index in [-0.39, 0.29) is 0 Å². The quantitative estimate of drug-likeness (QED) is 0.748. The van der Waals surface area contributed by atoms with Crippen LogP contribution in [-0.4, -0.2) is 12.6 Å². The monoisotopic (exact) mass is 287 g/mol. The highest BCUT2D eigenvalue weighted by molar-refractivity contribution is 6.33. The molecule has 0 radical (unpaired) electrons. The molecule has 2 unspecified atom stereocenters. The molecule has 2 atom stereocenters. The van der Waals surface area contributed by atoms with Crippen LogP contribution < -0.4 is 5.32 Å². The Bertz CT molecular complexity index is 366. The average molecular weight is 288 g/mol. The normalized spacial score (nSPS) is 14.5. The summed E-state index contributed by atoms with van der Waals surface area (Å²) in [6.45, 7) is 7.77. The SMILES string of the molecule is CCCNC(CC)C(C)Cc1cc(Cl)ccc1Cl. The molecule has 0 aliphatic heterocycles. The first-order chi connectivity index (χ1) is 8.58. The van der Waals surface area contributed by atoms with Crippen LogP contribution in [0.2, 0.25) is 10.0 Å². The Kier molecular flexibility index (Phi) is 7.06. The highest BCUT2D eigenvalue weighted by Gasteiger charge is 2.16. The second-order valence-corrected chi connectivity index (χ2v) is 5.73. The van der Waals surface area contributed by atoms with E-state index in [9.17, 15) is 0 Å². The fraction of sp³-hybridized carbons (Fsp3) is 0.600. The molecule has 0 aromatic heterocycles. The Labute approximate surface area is 121 Å². The van der Waals surface area contributed by atoms with Gasteiger partial charge in [-0.2, -0.15) is 0 Å². The van der Waals surface area contributed by atoms with Crippen molar-refractivity contribution in [2.45, 2.75) is 46.1 Å². The molecule has 0 heterocycles. The molecule has 1 N–H and O–H groups in total. The van der Waals surface area contributed by atoms with Gasteiger partial charge in [0.2, 0.25) is 0 Å². The molecule has 0 saturated heterocycles. The number of benzene rings is 1. The van der Waals surface area contributed by atoms with E-state index in [4.69, 9.17) is 23.2 Å². The van der Waals surface area contributed by atoms with Crippen LogP contribution >= 0.6 is 23.2 Å². The van der Waals surface area contributed by atoms with Gasteiger partial charge in [0.1, 0.15) is 0 Å². The third-order valence-electron chi connectivity index (χ3n) is 3.33. The predicted octanol–water partition coefficient (Wildman–Crippen LogP) is 4.95. The zero-order valence-corrected chi connectivity index (χ0v) is 13.0. The lowest BCUT2D eigenvalue weighted by Gasteiger charge is -2.24. The molecule has 1 nitrogen and oxygen atoms in total. The summed E-state index contributed by atoms with van der Waals surface area (Å²) in [7, 11) is 0. The Hall–Kier alpha value is -0.240. The van der Waals surface area contributed by atoms with Crippen molar-refractivity contribution in [3.8, 4) is 0 Å². The molecule has 0 fully saturated rings. The second-order valence-electron chi connectivity index (χ2n) is 4.89. The standard InChI is InChI=1S/C15H23Cl2N/c1-4-8-18-15(5-2)11(3)9-12-10-13(16)6-7-14(12)17/h6-7,10-11,15,18H,4-5,8-9H2,1-3H3. The fourth-order valence-corrected chi connectivity index (χ4v) is 2.66. The van der Waals surface area contributed by atoms with Crippen LogP contribution in [0.3, 0.4) is 0 Å². The van der Waals surface area contributed by atoms with Crippen molar-refractivity contribution in [1.29, 1.82) is 0 Å². The average Bonchev–Trinajstić information content (AvgIpc) is 2.35. The van der Waals surface area contributed by atoms with Crippen LogP contribution in [0.1, 0.15) is 39.2 Å². The molecule has 102 valence electrons. The largest absolute Gasteiger partial charge is 0.314 e. The molecule has 18 heavy (non-hydrogen) atoms. The first-order valence-corrected chi connectivity index (χ1v) is 7.51. The van der Waals surface area contributed by atoms with Gasteiger partial charge in [-0.15, -0.1) is 0 Å². The molecule has 1 rings (SSSR count). The summed E-state index contributed by atoms with van der Waals surface area (Å²) in [5.41, 5.74) is 1.15. The Balaban J connectivity index is 2.66. The van der Waals surface area contributed by atoms with E-state index in [0.717, 1.165) is 35.0 Å². The van der Waals surface area contributed by atoms with E-state index >= 15 is 0 Å². The lowest BCUT2D eigenvalue weighted by atomic mass is 9.92. The summed E-state index contributed by atoms with van der Waals surface area (Å²) in [6.07, 6.45) is 3.27. The van der Waals surface area contributed by atoms with Crippen LogP contribution in [0.4, 0.5) is 0 Å². The van der Waals surface area contributed by atoms with Crippen molar-refractivity contribution in [3.63, 3.8) is 0 Å². The van der Waals surface area contributed by atoms with E-state index in [1.165, 1.54) is 6.42 Å². The zero-order valence-electron chi connectivity index (χ0n) is 11.5. The molecule has 0 spiro atoms. The van der Waals surface area contributed by atoms with Crippen molar-refractivity contribution >= 4 is 23.2 Å². The minimum absolute atomic E-state index is 0.542. The molecule has 0 aliphatic rings. The molecule has 3 heteroatoms. The van der Waals surface area contributed by atoms with Crippen LogP contribution in [0.15, 0.2) is 18.2 Å². The first kappa shape index (κ1) is 15.8. The maximum absolute atomic E-state index is 6.21. The molecular formula is C15H23Cl2N. The maximum atomic E-state index is 6.21. The van der Waals surface area contributed by atoms with E-state index < -0.39 is 0 Å². The van der Waals surface area contributed by atoms with Crippen molar-refractivity contribution < 1.29 is 0 Å². The molecule has 0 saturated carbocycles. The van der Waals surface area contributed by atoms with E-state index in [1.807, 2.05) is 18.2 Å². The van der Waals surface area contributed by atoms with Gasteiger partial charge in [0.05, 0.1) is 0 Å². The van der Waals surface area contributed by atoms with Gasteiger partial charge >= 0.3 is 0 Å². The smallest absolute Gasteiger partial charge is 0.0439 e. The van der Waals surface area contributed by atoms with Crippen molar-refractivity contribution in [2.75, 3.05) is 6.54 Å². The molecule has 1 aromatic rings. The second kappa shape index (κ2) is 8.04. The summed E-state index contributed by atoms with van der Waals surface area (Å²) in [6, 6.07) is 6.24. The van der Waals surface area contributed by atoms with Gasteiger partial charge in [0.25, 0.3) is 0 Å². The number of hydrogen-bond donors (Lipinski definition) is 1. The lowest BCUT2D eigenvalue weighted by molar-refractivity contribution is 0.365. The highest BCUT2D eigenvalue weighted by Crippen LogP contribution is 2.24. The van der Waals surface area contributed by atoms with Crippen LogP contribution in [0.25, 0.3) is 0 Å². The highest BCUT2D eigenvalue weighted by atomic mass is 35.5.